The van der Waals surface area contributed by atoms with Crippen LogP contribution in [0.5, 0.6) is 0 Å². The molecule has 3 heterocycles. The van der Waals surface area contributed by atoms with Crippen LogP contribution in [0.2, 0.25) is 0 Å². The van der Waals surface area contributed by atoms with E-state index >= 15 is 0 Å². The number of nitrogens with zero attached hydrogens (tertiary/aromatic N) is 1. The van der Waals surface area contributed by atoms with Crippen LogP contribution in [-0.2, 0) is 16.6 Å². The second kappa shape index (κ2) is 5.97. The number of fused-ring (bicyclic) bond motifs is 2. The van der Waals surface area contributed by atoms with E-state index in [0.717, 1.165) is 28.0 Å². The predicted octanol–water partition coefficient (Wildman–Crippen LogP) is 5.28. The van der Waals surface area contributed by atoms with Crippen molar-refractivity contribution < 1.29 is 14.0 Å². The molecule has 0 aliphatic carbocycles. The van der Waals surface area contributed by atoms with Gasteiger partial charge in [0.1, 0.15) is 23.8 Å². The van der Waals surface area contributed by atoms with Gasteiger partial charge < -0.3 is 9.30 Å². The van der Waals surface area contributed by atoms with E-state index in [1.165, 1.54) is 23.0 Å². The summed E-state index contributed by atoms with van der Waals surface area (Å²) in [4.78, 5) is 5.46. The zero-order valence-electron chi connectivity index (χ0n) is 16.0. The molecule has 2 aromatic carbocycles. The fourth-order valence-electron chi connectivity index (χ4n) is 4.02. The van der Waals surface area contributed by atoms with Crippen LogP contribution in [0, 0.1) is 5.82 Å². The molecule has 0 atom stereocenters. The van der Waals surface area contributed by atoms with Crippen LogP contribution in [-0.4, -0.2) is 16.8 Å². The molecule has 0 spiro atoms. The first kappa shape index (κ1) is 17.1. The Balaban J connectivity index is 1.64. The van der Waals surface area contributed by atoms with Crippen molar-refractivity contribution in [2.24, 2.45) is 7.05 Å². The molecule has 5 rings (SSSR count). The summed E-state index contributed by atoms with van der Waals surface area (Å²) >= 11 is 0. The van der Waals surface area contributed by atoms with Gasteiger partial charge in [0.05, 0.1) is 5.69 Å². The molecule has 1 N–H and O–H groups in total. The van der Waals surface area contributed by atoms with Crippen molar-refractivity contribution in [2.45, 2.75) is 19.4 Å². The van der Waals surface area contributed by atoms with E-state index in [9.17, 15) is 4.39 Å². The van der Waals surface area contributed by atoms with E-state index in [2.05, 4.69) is 60.4 Å². The van der Waals surface area contributed by atoms with Crippen molar-refractivity contribution >= 4 is 27.7 Å². The summed E-state index contributed by atoms with van der Waals surface area (Å²) in [5.74, 6) is 0.462. The maximum atomic E-state index is 13.6. The van der Waals surface area contributed by atoms with Crippen molar-refractivity contribution in [1.29, 1.82) is 0 Å². The lowest BCUT2D eigenvalue weighted by Crippen LogP contribution is -2.22. The van der Waals surface area contributed by atoms with Crippen molar-refractivity contribution in [3.05, 3.63) is 77.4 Å². The van der Waals surface area contributed by atoms with Gasteiger partial charge in [-0.1, -0.05) is 6.07 Å². The molecular weight excluding hydrogens is 355 g/mol. The molecule has 1 aromatic heterocycles. The fraction of sp³-hybridized carbons (Fsp3) is 0.217. The van der Waals surface area contributed by atoms with Crippen molar-refractivity contribution in [1.82, 2.24) is 4.57 Å². The van der Waals surface area contributed by atoms with Crippen LogP contribution in [0.3, 0.4) is 0 Å². The van der Waals surface area contributed by atoms with Gasteiger partial charge in [-0.25, -0.2) is 4.39 Å². The molecule has 0 bridgehead atoms. The van der Waals surface area contributed by atoms with E-state index in [0.29, 0.717) is 12.3 Å². The van der Waals surface area contributed by atoms with Crippen LogP contribution in [0.4, 0.5) is 10.1 Å². The number of halogens is 1. The minimum absolute atomic E-state index is 0.304. The Kier molecular flexibility index (Phi) is 3.64. The van der Waals surface area contributed by atoms with Crippen LogP contribution in [0.25, 0.3) is 22.0 Å². The van der Waals surface area contributed by atoms with Gasteiger partial charge in [-0.2, -0.15) is 0 Å². The number of aryl methyl sites for hydroxylation is 1. The highest BCUT2D eigenvalue weighted by Gasteiger charge is 2.35. The lowest BCUT2D eigenvalue weighted by molar-refractivity contribution is 0.109. The zero-order chi connectivity index (χ0) is 19.5. The molecule has 3 aromatic rings. The summed E-state index contributed by atoms with van der Waals surface area (Å²) in [5.41, 5.74) is 8.18. The SMILES string of the molecule is Cn1ccc2cc(C3=C/C(=C4\CONc5cc(F)ccc54)OC3(C)C)ccc21. The quantitative estimate of drug-likeness (QED) is 0.628. The average Bonchev–Trinajstić information content (AvgIpc) is 3.20. The first-order chi connectivity index (χ1) is 13.4. The molecule has 2 aliphatic heterocycles. The lowest BCUT2D eigenvalue weighted by atomic mass is 9.91. The van der Waals surface area contributed by atoms with E-state index in [4.69, 9.17) is 9.57 Å². The number of hydrogen-bond acceptors (Lipinski definition) is 3. The zero-order valence-corrected chi connectivity index (χ0v) is 16.0. The number of hydrogen-bond donors (Lipinski definition) is 1. The van der Waals surface area contributed by atoms with E-state index in [-0.39, 0.29) is 5.82 Å². The van der Waals surface area contributed by atoms with E-state index < -0.39 is 5.60 Å². The van der Waals surface area contributed by atoms with Gasteiger partial charge in [0.15, 0.2) is 0 Å². The molecule has 5 heteroatoms. The van der Waals surface area contributed by atoms with Crippen molar-refractivity contribution in [3.63, 3.8) is 0 Å². The van der Waals surface area contributed by atoms with Gasteiger partial charge in [-0.05, 0) is 61.9 Å². The van der Waals surface area contributed by atoms with Crippen molar-refractivity contribution in [2.75, 3.05) is 12.1 Å². The maximum absolute atomic E-state index is 13.6. The summed E-state index contributed by atoms with van der Waals surface area (Å²) in [6.45, 7) is 4.48. The molecule has 0 saturated heterocycles. The Labute approximate surface area is 162 Å². The Hall–Kier alpha value is -3.05. The van der Waals surface area contributed by atoms with E-state index in [1.54, 1.807) is 6.07 Å². The Bertz CT molecular complexity index is 1170. The second-order valence-electron chi connectivity index (χ2n) is 7.79. The summed E-state index contributed by atoms with van der Waals surface area (Å²) in [7, 11) is 2.05. The van der Waals surface area contributed by atoms with Crippen LogP contribution < -0.4 is 5.48 Å². The van der Waals surface area contributed by atoms with Gasteiger partial charge in [-0.3, -0.25) is 10.3 Å². The molecule has 2 aliphatic rings. The average molecular weight is 376 g/mol. The van der Waals surface area contributed by atoms with E-state index in [1.807, 2.05) is 7.05 Å². The lowest BCUT2D eigenvalue weighted by Gasteiger charge is -2.26. The molecule has 0 amide bonds. The third-order valence-electron chi connectivity index (χ3n) is 5.49. The Morgan fingerprint density at radius 1 is 1.11 bits per heavy atom. The number of aromatic nitrogens is 1. The number of ether oxygens (including phenoxy) is 1. The van der Waals surface area contributed by atoms with Crippen LogP contribution in [0.15, 0.2) is 60.5 Å². The molecule has 0 saturated carbocycles. The number of anilines is 1. The molecule has 0 radical (unpaired) electrons. The van der Waals surface area contributed by atoms with Crippen LogP contribution in [0.1, 0.15) is 25.0 Å². The number of nitrogens with one attached hydrogen (secondary N) is 1. The third-order valence-corrected chi connectivity index (χ3v) is 5.49. The highest BCUT2D eigenvalue weighted by Crippen LogP contribution is 2.43. The fourth-order valence-corrected chi connectivity index (χ4v) is 4.02. The summed E-state index contributed by atoms with van der Waals surface area (Å²) in [6, 6.07) is 13.2. The summed E-state index contributed by atoms with van der Waals surface area (Å²) in [6.07, 6.45) is 4.15. The highest BCUT2D eigenvalue weighted by molar-refractivity contribution is 5.89. The summed E-state index contributed by atoms with van der Waals surface area (Å²) < 4.78 is 22.0. The monoisotopic (exact) mass is 376 g/mol. The minimum atomic E-state index is -0.476. The maximum Gasteiger partial charge on any atom is 0.129 e. The molecule has 0 unspecified atom stereocenters. The van der Waals surface area contributed by atoms with Gasteiger partial charge in [0.25, 0.3) is 0 Å². The van der Waals surface area contributed by atoms with Crippen LogP contribution >= 0.6 is 0 Å². The topological polar surface area (TPSA) is 35.4 Å². The normalized spacial score (nSPS) is 20.5. The molecule has 28 heavy (non-hydrogen) atoms. The largest absolute Gasteiger partial charge is 0.483 e. The molecule has 4 nitrogen and oxygen atoms in total. The summed E-state index contributed by atoms with van der Waals surface area (Å²) in [5, 5.41) is 1.20. The molecule has 0 fully saturated rings. The predicted molar refractivity (Wildman–Crippen MR) is 109 cm³/mol. The van der Waals surface area contributed by atoms with Gasteiger partial charge in [-0.15, -0.1) is 0 Å². The smallest absolute Gasteiger partial charge is 0.129 e. The van der Waals surface area contributed by atoms with Gasteiger partial charge >= 0.3 is 0 Å². The Morgan fingerprint density at radius 3 is 2.82 bits per heavy atom. The Morgan fingerprint density at radius 2 is 1.96 bits per heavy atom. The number of benzene rings is 2. The molecular formula is C23H21FN2O2. The van der Waals surface area contributed by atoms with Gasteiger partial charge in [0.2, 0.25) is 0 Å². The minimum Gasteiger partial charge on any atom is -0.483 e. The third kappa shape index (κ3) is 2.62. The second-order valence-corrected chi connectivity index (χ2v) is 7.79. The number of rotatable bonds is 1. The first-order valence-corrected chi connectivity index (χ1v) is 9.30. The highest BCUT2D eigenvalue weighted by atomic mass is 19.1. The van der Waals surface area contributed by atoms with Crippen molar-refractivity contribution in [3.8, 4) is 0 Å². The number of allylic oxidation sites excluding steroid dienone is 1. The first-order valence-electron chi connectivity index (χ1n) is 9.30. The van der Waals surface area contributed by atoms with Gasteiger partial charge in [0, 0.05) is 40.9 Å². The molecule has 142 valence electrons. The standard InChI is InChI=1S/C23H21FN2O2/c1-23(2)19(14-4-7-21-15(10-14)8-9-26(21)3)12-22(28-23)18-13-27-25-20-11-16(24)5-6-17(18)20/h4-12,25H,13H2,1-3H3/b22-18-.